The Morgan fingerprint density at radius 3 is 2.87 bits per heavy atom. The minimum atomic E-state index is 0.376. The second kappa shape index (κ2) is 6.76. The number of rotatable bonds is 5. The van der Waals surface area contributed by atoms with Crippen LogP contribution in [-0.2, 0) is 20.1 Å². The number of nitrogens with zero attached hydrogens (tertiary/aromatic N) is 6. The van der Waals surface area contributed by atoms with Crippen molar-refractivity contribution in [2.24, 2.45) is 7.05 Å². The molecule has 1 atom stereocenters. The van der Waals surface area contributed by atoms with Crippen LogP contribution in [0, 0.1) is 6.92 Å². The maximum Gasteiger partial charge on any atom is 0.125 e. The number of likely N-dealkylation sites (tertiary alicyclic amines) is 1. The van der Waals surface area contributed by atoms with Crippen LogP contribution >= 0.6 is 0 Å². The molecule has 0 N–H and O–H groups in total. The van der Waals surface area contributed by atoms with Crippen molar-refractivity contribution in [3.63, 3.8) is 0 Å². The highest BCUT2D eigenvalue weighted by atomic mass is 15.3. The van der Waals surface area contributed by atoms with Gasteiger partial charge in [-0.25, -0.2) is 9.97 Å². The van der Waals surface area contributed by atoms with Gasteiger partial charge < -0.3 is 4.90 Å². The summed E-state index contributed by atoms with van der Waals surface area (Å²) in [4.78, 5) is 13.9. The third kappa shape index (κ3) is 3.59. The van der Waals surface area contributed by atoms with Gasteiger partial charge >= 0.3 is 0 Å². The summed E-state index contributed by atoms with van der Waals surface area (Å²) in [6.45, 7) is 4.89. The topological polar surface area (TPSA) is 50.1 Å². The Hall–Kier alpha value is -1.79. The molecule has 0 amide bonds. The summed E-state index contributed by atoms with van der Waals surface area (Å²) in [5.74, 6) is 0.856. The van der Waals surface area contributed by atoms with Gasteiger partial charge in [0, 0.05) is 38.1 Å². The van der Waals surface area contributed by atoms with Crippen LogP contribution in [0.15, 0.2) is 18.5 Å². The van der Waals surface area contributed by atoms with Gasteiger partial charge in [0.25, 0.3) is 0 Å². The molecular formula is C17H26N6. The molecule has 3 heterocycles. The highest BCUT2D eigenvalue weighted by Crippen LogP contribution is 2.34. The van der Waals surface area contributed by atoms with Crippen molar-refractivity contribution in [1.82, 2.24) is 29.5 Å². The van der Waals surface area contributed by atoms with Crippen molar-refractivity contribution in [2.75, 3.05) is 20.6 Å². The zero-order valence-electron chi connectivity index (χ0n) is 14.5. The van der Waals surface area contributed by atoms with Gasteiger partial charge in [-0.2, -0.15) is 5.10 Å². The molecule has 23 heavy (non-hydrogen) atoms. The second-order valence-electron chi connectivity index (χ2n) is 6.64. The molecule has 0 radical (unpaired) electrons. The molecule has 1 unspecified atom stereocenters. The molecule has 6 nitrogen and oxygen atoms in total. The fraction of sp³-hybridized carbons (Fsp3) is 0.588. The van der Waals surface area contributed by atoms with E-state index < -0.39 is 0 Å². The van der Waals surface area contributed by atoms with E-state index in [0.29, 0.717) is 6.04 Å². The summed E-state index contributed by atoms with van der Waals surface area (Å²) in [6.07, 6.45) is 6.24. The first-order chi connectivity index (χ1) is 11.0. The summed E-state index contributed by atoms with van der Waals surface area (Å²) in [6, 6.07) is 2.47. The first-order valence-corrected chi connectivity index (χ1v) is 8.22. The van der Waals surface area contributed by atoms with Gasteiger partial charge in [0.05, 0.1) is 17.4 Å². The standard InChI is InChI=1S/C17H26N6/c1-13-18-10-14(11-21(2)3)17(20-13)16-6-5-9-23(16)12-15-7-8-19-22(15)4/h7-8,10,16H,5-6,9,11-12H2,1-4H3. The Labute approximate surface area is 138 Å². The minimum Gasteiger partial charge on any atom is -0.305 e. The van der Waals surface area contributed by atoms with Gasteiger partial charge in [-0.3, -0.25) is 9.58 Å². The minimum absolute atomic E-state index is 0.376. The van der Waals surface area contributed by atoms with Gasteiger partial charge in [-0.15, -0.1) is 0 Å². The van der Waals surface area contributed by atoms with Crippen LogP contribution in [0.5, 0.6) is 0 Å². The van der Waals surface area contributed by atoms with Crippen molar-refractivity contribution in [3.05, 3.63) is 41.2 Å². The van der Waals surface area contributed by atoms with E-state index in [9.17, 15) is 0 Å². The average molecular weight is 314 g/mol. The molecule has 0 bridgehead atoms. The van der Waals surface area contributed by atoms with E-state index in [0.717, 1.165) is 31.9 Å². The van der Waals surface area contributed by atoms with E-state index in [4.69, 9.17) is 4.98 Å². The summed E-state index contributed by atoms with van der Waals surface area (Å²) in [5.41, 5.74) is 3.69. The van der Waals surface area contributed by atoms with E-state index in [1.54, 1.807) is 0 Å². The molecule has 2 aromatic heterocycles. The van der Waals surface area contributed by atoms with Gasteiger partial charge in [0.15, 0.2) is 0 Å². The third-order valence-electron chi connectivity index (χ3n) is 4.47. The van der Waals surface area contributed by atoms with Crippen molar-refractivity contribution < 1.29 is 0 Å². The predicted molar refractivity (Wildman–Crippen MR) is 89.8 cm³/mol. The zero-order chi connectivity index (χ0) is 16.4. The highest BCUT2D eigenvalue weighted by molar-refractivity contribution is 5.22. The van der Waals surface area contributed by atoms with Crippen molar-refractivity contribution in [1.29, 1.82) is 0 Å². The molecule has 3 rings (SSSR count). The lowest BCUT2D eigenvalue weighted by Gasteiger charge is -2.26. The van der Waals surface area contributed by atoms with E-state index in [1.807, 2.05) is 31.0 Å². The van der Waals surface area contributed by atoms with Gasteiger partial charge in [-0.1, -0.05) is 0 Å². The molecule has 6 heteroatoms. The normalized spacial score (nSPS) is 18.9. The quantitative estimate of drug-likeness (QED) is 0.844. The number of hydrogen-bond donors (Lipinski definition) is 0. The van der Waals surface area contributed by atoms with Gasteiger partial charge in [0.2, 0.25) is 0 Å². The van der Waals surface area contributed by atoms with E-state index in [-0.39, 0.29) is 0 Å². The van der Waals surface area contributed by atoms with Crippen LogP contribution in [0.3, 0.4) is 0 Å². The molecule has 0 aliphatic carbocycles. The summed E-state index contributed by atoms with van der Waals surface area (Å²) >= 11 is 0. The smallest absolute Gasteiger partial charge is 0.125 e. The molecule has 1 fully saturated rings. The lowest BCUT2D eigenvalue weighted by molar-refractivity contribution is 0.235. The molecule has 0 aromatic carbocycles. The van der Waals surface area contributed by atoms with Crippen LogP contribution in [0.1, 0.15) is 41.7 Å². The molecule has 124 valence electrons. The van der Waals surface area contributed by atoms with Gasteiger partial charge in [-0.05, 0) is 46.5 Å². The number of hydrogen-bond acceptors (Lipinski definition) is 5. The fourth-order valence-corrected chi connectivity index (χ4v) is 3.35. The molecule has 1 aliphatic rings. The monoisotopic (exact) mass is 314 g/mol. The molecule has 0 saturated carbocycles. The van der Waals surface area contributed by atoms with E-state index in [1.165, 1.54) is 23.4 Å². The SMILES string of the molecule is Cc1ncc(CN(C)C)c(C2CCCN2Cc2ccnn2C)n1. The van der Waals surface area contributed by atoms with E-state index >= 15 is 0 Å². The molecular weight excluding hydrogens is 288 g/mol. The van der Waals surface area contributed by atoms with Crippen LogP contribution in [0.2, 0.25) is 0 Å². The van der Waals surface area contributed by atoms with Crippen LogP contribution < -0.4 is 0 Å². The first kappa shape index (κ1) is 16.1. The lowest BCUT2D eigenvalue weighted by atomic mass is 10.1. The van der Waals surface area contributed by atoms with Crippen LogP contribution in [0.25, 0.3) is 0 Å². The van der Waals surface area contributed by atoms with E-state index in [2.05, 4.69) is 40.0 Å². The number of aromatic nitrogens is 4. The third-order valence-corrected chi connectivity index (χ3v) is 4.47. The molecule has 1 aliphatic heterocycles. The zero-order valence-corrected chi connectivity index (χ0v) is 14.5. The maximum atomic E-state index is 4.81. The Bertz CT molecular complexity index is 663. The summed E-state index contributed by atoms with van der Waals surface area (Å²) in [7, 11) is 6.18. The summed E-state index contributed by atoms with van der Waals surface area (Å²) < 4.78 is 1.96. The molecule has 2 aromatic rings. The summed E-state index contributed by atoms with van der Waals surface area (Å²) in [5, 5.41) is 4.29. The Balaban J connectivity index is 1.87. The highest BCUT2D eigenvalue weighted by Gasteiger charge is 2.29. The maximum absolute atomic E-state index is 4.81. The van der Waals surface area contributed by atoms with Crippen molar-refractivity contribution in [3.8, 4) is 0 Å². The second-order valence-corrected chi connectivity index (χ2v) is 6.64. The molecule has 0 spiro atoms. The van der Waals surface area contributed by atoms with Crippen molar-refractivity contribution >= 4 is 0 Å². The lowest BCUT2D eigenvalue weighted by Crippen LogP contribution is -2.26. The number of aryl methyl sites for hydroxylation is 2. The van der Waals surface area contributed by atoms with Crippen molar-refractivity contribution in [2.45, 2.75) is 38.9 Å². The van der Waals surface area contributed by atoms with Gasteiger partial charge in [0.1, 0.15) is 5.82 Å². The Morgan fingerprint density at radius 2 is 2.17 bits per heavy atom. The first-order valence-electron chi connectivity index (χ1n) is 8.22. The largest absolute Gasteiger partial charge is 0.305 e. The average Bonchev–Trinajstić information content (AvgIpc) is 3.11. The predicted octanol–water partition coefficient (Wildman–Crippen LogP) is 1.92. The van der Waals surface area contributed by atoms with Crippen LogP contribution in [0.4, 0.5) is 0 Å². The fourth-order valence-electron chi connectivity index (χ4n) is 3.35. The Kier molecular flexibility index (Phi) is 4.73. The Morgan fingerprint density at radius 1 is 1.35 bits per heavy atom. The molecule has 1 saturated heterocycles. The van der Waals surface area contributed by atoms with Crippen LogP contribution in [-0.4, -0.2) is 50.2 Å².